The van der Waals surface area contributed by atoms with Crippen LogP contribution in [0.5, 0.6) is 0 Å². The van der Waals surface area contributed by atoms with E-state index in [-0.39, 0.29) is 18.9 Å². The number of methoxy groups -OCH3 is 1. The average Bonchev–Trinajstić information content (AvgIpc) is 2.34. The van der Waals surface area contributed by atoms with Crippen LogP contribution in [0.15, 0.2) is 0 Å². The lowest BCUT2D eigenvalue weighted by Gasteiger charge is -2.20. The van der Waals surface area contributed by atoms with Crippen LogP contribution in [0.25, 0.3) is 0 Å². The fourth-order valence-corrected chi connectivity index (χ4v) is 1.51. The van der Waals surface area contributed by atoms with E-state index in [0.29, 0.717) is 19.8 Å². The van der Waals surface area contributed by atoms with Gasteiger partial charge in [0.15, 0.2) is 6.29 Å². The Balaban J connectivity index is 3.67. The summed E-state index contributed by atoms with van der Waals surface area (Å²) >= 11 is 0. The summed E-state index contributed by atoms with van der Waals surface area (Å²) in [7, 11) is 1.66. The Morgan fingerprint density at radius 2 is 1.76 bits per heavy atom. The van der Waals surface area contributed by atoms with Crippen molar-refractivity contribution in [1.29, 1.82) is 0 Å². The number of hydrogen-bond acceptors (Lipinski definition) is 5. The van der Waals surface area contributed by atoms with Crippen LogP contribution in [0.2, 0.25) is 0 Å². The zero-order chi connectivity index (χ0) is 12.9. The molecule has 5 heteroatoms. The second-order valence-corrected chi connectivity index (χ2v) is 3.74. The van der Waals surface area contributed by atoms with Crippen molar-refractivity contribution < 1.29 is 19.3 Å². The summed E-state index contributed by atoms with van der Waals surface area (Å²) in [6.45, 7) is 6.74. The van der Waals surface area contributed by atoms with Gasteiger partial charge in [-0.05, 0) is 20.3 Å². The summed E-state index contributed by atoms with van der Waals surface area (Å²) in [5.41, 5.74) is 0. The molecule has 17 heavy (non-hydrogen) atoms. The molecule has 0 saturated carbocycles. The van der Waals surface area contributed by atoms with E-state index in [4.69, 9.17) is 19.3 Å². The van der Waals surface area contributed by atoms with Crippen molar-refractivity contribution in [3.05, 3.63) is 0 Å². The summed E-state index contributed by atoms with van der Waals surface area (Å²) in [5, 5.41) is 12.4. The fourth-order valence-electron chi connectivity index (χ4n) is 1.51. The third-order valence-electron chi connectivity index (χ3n) is 2.41. The molecule has 2 N–H and O–H groups in total. The quantitative estimate of drug-likeness (QED) is 0.500. The van der Waals surface area contributed by atoms with Crippen molar-refractivity contribution in [3.8, 4) is 0 Å². The maximum atomic E-state index is 9.14. The van der Waals surface area contributed by atoms with Gasteiger partial charge in [-0.1, -0.05) is 0 Å². The molecule has 0 aliphatic heterocycles. The Bertz CT molecular complexity index is 151. The summed E-state index contributed by atoms with van der Waals surface area (Å²) in [4.78, 5) is 0. The van der Waals surface area contributed by atoms with E-state index >= 15 is 0 Å². The Kier molecular flexibility index (Phi) is 12.1. The maximum Gasteiger partial charge on any atom is 0.158 e. The number of rotatable bonds is 12. The molecular weight excluding hydrogens is 222 g/mol. The second kappa shape index (κ2) is 12.3. The van der Waals surface area contributed by atoms with Gasteiger partial charge in [0.1, 0.15) is 0 Å². The van der Waals surface area contributed by atoms with E-state index in [1.165, 1.54) is 0 Å². The van der Waals surface area contributed by atoms with Crippen LogP contribution in [0.1, 0.15) is 26.7 Å². The third kappa shape index (κ3) is 9.50. The maximum absolute atomic E-state index is 9.14. The van der Waals surface area contributed by atoms with Crippen molar-refractivity contribution in [2.45, 2.75) is 39.0 Å². The molecule has 0 aromatic rings. The summed E-state index contributed by atoms with van der Waals surface area (Å²) < 4.78 is 15.8. The minimum atomic E-state index is -0.153. The predicted molar refractivity (Wildman–Crippen MR) is 67.0 cm³/mol. The molecule has 1 unspecified atom stereocenters. The number of aliphatic hydroxyl groups is 1. The van der Waals surface area contributed by atoms with E-state index in [0.717, 1.165) is 19.4 Å². The first kappa shape index (κ1) is 16.8. The van der Waals surface area contributed by atoms with Crippen LogP contribution < -0.4 is 5.32 Å². The molecule has 0 saturated heterocycles. The van der Waals surface area contributed by atoms with Gasteiger partial charge >= 0.3 is 0 Å². The highest BCUT2D eigenvalue weighted by atomic mass is 16.7. The first-order valence-electron chi connectivity index (χ1n) is 6.34. The van der Waals surface area contributed by atoms with E-state index in [2.05, 4.69) is 5.32 Å². The SMILES string of the molecule is CCOC(CCNC(CO)CCOC)OCC. The van der Waals surface area contributed by atoms with Crippen LogP contribution in [0.3, 0.4) is 0 Å². The Morgan fingerprint density at radius 3 is 2.24 bits per heavy atom. The molecule has 0 aromatic carbocycles. The van der Waals surface area contributed by atoms with Gasteiger partial charge in [0.25, 0.3) is 0 Å². The number of ether oxygens (including phenoxy) is 3. The highest BCUT2D eigenvalue weighted by molar-refractivity contribution is 4.65. The molecule has 0 fully saturated rings. The zero-order valence-corrected chi connectivity index (χ0v) is 11.3. The molecule has 0 aromatic heterocycles. The van der Waals surface area contributed by atoms with Crippen molar-refractivity contribution in [2.24, 2.45) is 0 Å². The largest absolute Gasteiger partial charge is 0.395 e. The van der Waals surface area contributed by atoms with Crippen LogP contribution in [-0.2, 0) is 14.2 Å². The standard InChI is InChI=1S/C12H27NO4/c1-4-16-12(17-5-2)6-8-13-11(10-14)7-9-15-3/h11-14H,4-10H2,1-3H3. The second-order valence-electron chi connectivity index (χ2n) is 3.74. The highest BCUT2D eigenvalue weighted by Crippen LogP contribution is 2.01. The van der Waals surface area contributed by atoms with Gasteiger partial charge in [0, 0.05) is 45.9 Å². The first-order chi connectivity index (χ1) is 8.28. The number of nitrogens with one attached hydrogen (secondary N) is 1. The normalized spacial score (nSPS) is 13.2. The van der Waals surface area contributed by atoms with Crippen molar-refractivity contribution >= 4 is 0 Å². The van der Waals surface area contributed by atoms with Crippen LogP contribution in [0.4, 0.5) is 0 Å². The minimum Gasteiger partial charge on any atom is -0.395 e. The monoisotopic (exact) mass is 249 g/mol. The van der Waals surface area contributed by atoms with Crippen LogP contribution in [-0.4, -0.2) is 57.5 Å². The fraction of sp³-hybridized carbons (Fsp3) is 1.00. The molecule has 5 nitrogen and oxygen atoms in total. The summed E-state index contributed by atoms with van der Waals surface area (Å²) in [6.07, 6.45) is 1.44. The molecule has 0 aliphatic rings. The van der Waals surface area contributed by atoms with Gasteiger partial charge < -0.3 is 24.6 Å². The van der Waals surface area contributed by atoms with Gasteiger partial charge in [0.05, 0.1) is 6.61 Å². The number of aliphatic hydroxyl groups excluding tert-OH is 1. The van der Waals surface area contributed by atoms with Gasteiger partial charge in [-0.2, -0.15) is 0 Å². The Hall–Kier alpha value is -0.200. The van der Waals surface area contributed by atoms with Crippen LogP contribution in [0, 0.1) is 0 Å². The van der Waals surface area contributed by atoms with Crippen LogP contribution >= 0.6 is 0 Å². The molecule has 0 aliphatic carbocycles. The van der Waals surface area contributed by atoms with Gasteiger partial charge in [-0.15, -0.1) is 0 Å². The average molecular weight is 249 g/mol. The number of hydrogen-bond donors (Lipinski definition) is 2. The lowest BCUT2D eigenvalue weighted by Crippen LogP contribution is -2.36. The summed E-state index contributed by atoms with van der Waals surface area (Å²) in [6, 6.07) is 0.0823. The zero-order valence-electron chi connectivity index (χ0n) is 11.3. The highest BCUT2D eigenvalue weighted by Gasteiger charge is 2.10. The van der Waals surface area contributed by atoms with Crippen molar-refractivity contribution in [3.63, 3.8) is 0 Å². The third-order valence-corrected chi connectivity index (χ3v) is 2.41. The van der Waals surface area contributed by atoms with E-state index in [9.17, 15) is 0 Å². The van der Waals surface area contributed by atoms with Gasteiger partial charge in [0.2, 0.25) is 0 Å². The summed E-state index contributed by atoms with van der Waals surface area (Å²) in [5.74, 6) is 0. The molecular formula is C12H27NO4. The first-order valence-corrected chi connectivity index (χ1v) is 6.34. The van der Waals surface area contributed by atoms with E-state index < -0.39 is 0 Å². The molecule has 0 radical (unpaired) electrons. The van der Waals surface area contributed by atoms with Crippen molar-refractivity contribution in [2.75, 3.05) is 40.1 Å². The minimum absolute atomic E-state index is 0.0823. The van der Waals surface area contributed by atoms with Gasteiger partial charge in [-0.3, -0.25) is 0 Å². The molecule has 104 valence electrons. The van der Waals surface area contributed by atoms with E-state index in [1.807, 2.05) is 13.8 Å². The Labute approximate surface area is 104 Å². The molecule has 1 atom stereocenters. The smallest absolute Gasteiger partial charge is 0.158 e. The molecule has 0 spiro atoms. The molecule has 0 rings (SSSR count). The Morgan fingerprint density at radius 1 is 1.12 bits per heavy atom. The van der Waals surface area contributed by atoms with E-state index in [1.54, 1.807) is 7.11 Å². The molecule has 0 bridgehead atoms. The molecule has 0 amide bonds. The molecule has 0 heterocycles. The lowest BCUT2D eigenvalue weighted by atomic mass is 10.2. The lowest BCUT2D eigenvalue weighted by molar-refractivity contribution is -0.138. The predicted octanol–water partition coefficient (Wildman–Crippen LogP) is 0.763. The van der Waals surface area contributed by atoms with Crippen molar-refractivity contribution in [1.82, 2.24) is 5.32 Å². The topological polar surface area (TPSA) is 60.0 Å². The van der Waals surface area contributed by atoms with Gasteiger partial charge in [-0.25, -0.2) is 0 Å².